The van der Waals surface area contributed by atoms with Gasteiger partial charge in [-0.1, -0.05) is 91.0 Å². The van der Waals surface area contributed by atoms with Gasteiger partial charge in [-0.05, 0) is 15.6 Å². The number of hydrogen-bond donors (Lipinski definition) is 1. The molecule has 0 fully saturated rings. The second-order valence-corrected chi connectivity index (χ2v) is 7.96. The van der Waals surface area contributed by atoms with E-state index >= 15 is 0 Å². The summed E-state index contributed by atoms with van der Waals surface area (Å²) in [6, 6.07) is 30.0. The highest BCUT2D eigenvalue weighted by molar-refractivity contribution is 7.06. The second kappa shape index (κ2) is 6.48. The molecule has 0 amide bonds. The van der Waals surface area contributed by atoms with Crippen molar-refractivity contribution in [2.75, 3.05) is 0 Å². The molecule has 1 nitrogen and oxygen atoms in total. The minimum Gasteiger partial charge on any atom is -0.421 e. The molecule has 0 saturated carbocycles. The molecule has 0 aromatic heterocycles. The van der Waals surface area contributed by atoms with Crippen molar-refractivity contribution < 1.29 is 9.50 Å². The molecule has 21 heavy (non-hydrogen) atoms. The van der Waals surface area contributed by atoms with E-state index in [1.807, 2.05) is 91.0 Å². The van der Waals surface area contributed by atoms with Crippen LogP contribution >= 0.6 is 0 Å². The summed E-state index contributed by atoms with van der Waals surface area (Å²) in [5, 5.41) is 3.03. The van der Waals surface area contributed by atoms with Crippen molar-refractivity contribution in [2.45, 2.75) is 0 Å². The highest BCUT2D eigenvalue weighted by Gasteiger charge is 2.37. The van der Waals surface area contributed by atoms with Gasteiger partial charge in [-0.2, -0.15) is 0 Å². The van der Waals surface area contributed by atoms with Gasteiger partial charge >= 0.3 is 0 Å². The fourth-order valence-corrected chi connectivity index (χ4v) is 5.56. The molecule has 0 spiro atoms. The van der Waals surface area contributed by atoms with E-state index < -0.39 is 8.32 Å². The van der Waals surface area contributed by atoms with E-state index in [4.69, 9.17) is 0 Å². The van der Waals surface area contributed by atoms with Gasteiger partial charge in [-0.3, -0.25) is 4.70 Å². The maximum atomic E-state index is 11.6. The summed E-state index contributed by atoms with van der Waals surface area (Å²) in [4.78, 5) is 11.6. The maximum absolute atomic E-state index is 11.6. The van der Waals surface area contributed by atoms with Crippen molar-refractivity contribution in [3.8, 4) is 0 Å². The molecule has 106 valence electrons. The van der Waals surface area contributed by atoms with E-state index in [9.17, 15) is 4.80 Å². The van der Waals surface area contributed by atoms with E-state index in [1.165, 1.54) is 0 Å². The average molecular weight is 296 g/mol. The lowest BCUT2D eigenvalue weighted by molar-refractivity contribution is 0.583. The first-order valence-corrected chi connectivity index (χ1v) is 8.65. The minimum atomic E-state index is -2.88. The first-order chi connectivity index (χ1) is 9.82. The van der Waals surface area contributed by atoms with Gasteiger partial charge in [0, 0.05) is 0 Å². The SMILES string of the molecule is F.O[Si](c1ccccc1)(c1ccccc1)c1ccccc1. The smallest absolute Gasteiger partial charge is 0.285 e. The van der Waals surface area contributed by atoms with Crippen molar-refractivity contribution in [2.24, 2.45) is 0 Å². The number of halogens is 1. The third-order valence-corrected chi connectivity index (χ3v) is 7.08. The molecule has 0 aliphatic carbocycles. The molecule has 0 bridgehead atoms. The van der Waals surface area contributed by atoms with E-state index in [0.29, 0.717) is 0 Å². The summed E-state index contributed by atoms with van der Waals surface area (Å²) in [5.74, 6) is 0. The predicted octanol–water partition coefficient (Wildman–Crippen LogP) is 1.80. The first-order valence-electron chi connectivity index (χ1n) is 6.71. The lowest BCUT2D eigenvalue weighted by Crippen LogP contribution is -2.67. The Balaban J connectivity index is 0.00000161. The molecule has 0 heterocycles. The van der Waals surface area contributed by atoms with E-state index in [-0.39, 0.29) is 4.70 Å². The Morgan fingerprint density at radius 1 is 0.476 bits per heavy atom. The molecule has 0 atom stereocenters. The monoisotopic (exact) mass is 296 g/mol. The molecular formula is C18H17FOSi. The van der Waals surface area contributed by atoms with Crippen LogP contribution in [0.25, 0.3) is 0 Å². The van der Waals surface area contributed by atoms with Gasteiger partial charge in [0.15, 0.2) is 0 Å². The molecule has 0 unspecified atom stereocenters. The van der Waals surface area contributed by atoms with Crippen LogP contribution in [0.15, 0.2) is 91.0 Å². The van der Waals surface area contributed by atoms with Gasteiger partial charge in [0.05, 0.1) is 0 Å². The van der Waals surface area contributed by atoms with Crippen LogP contribution in [0.5, 0.6) is 0 Å². The first kappa shape index (κ1) is 15.2. The molecular weight excluding hydrogens is 279 g/mol. The Hall–Kier alpha value is -2.23. The Labute approximate surface area is 125 Å². The summed E-state index contributed by atoms with van der Waals surface area (Å²) in [6.45, 7) is 0. The molecule has 3 rings (SSSR count). The third kappa shape index (κ3) is 2.79. The van der Waals surface area contributed by atoms with Crippen molar-refractivity contribution in [3.05, 3.63) is 91.0 Å². The summed E-state index contributed by atoms with van der Waals surface area (Å²) in [6.07, 6.45) is 0. The normalized spacial score (nSPS) is 10.7. The van der Waals surface area contributed by atoms with Crippen LogP contribution < -0.4 is 15.6 Å². The Morgan fingerprint density at radius 3 is 0.952 bits per heavy atom. The number of benzene rings is 3. The molecule has 3 aromatic carbocycles. The van der Waals surface area contributed by atoms with Gasteiger partial charge in [0.25, 0.3) is 8.32 Å². The van der Waals surface area contributed by atoms with Crippen LogP contribution in [0.2, 0.25) is 0 Å². The summed E-state index contributed by atoms with van der Waals surface area (Å²) in [5.41, 5.74) is 0. The molecule has 0 saturated heterocycles. The van der Waals surface area contributed by atoms with Crippen molar-refractivity contribution in [1.82, 2.24) is 0 Å². The zero-order valence-corrected chi connectivity index (χ0v) is 12.5. The lowest BCUT2D eigenvalue weighted by Gasteiger charge is -2.26. The van der Waals surface area contributed by atoms with Gasteiger partial charge < -0.3 is 4.80 Å². The topological polar surface area (TPSA) is 20.2 Å². The highest BCUT2D eigenvalue weighted by Crippen LogP contribution is 2.03. The van der Waals surface area contributed by atoms with Crippen LogP contribution in [0.4, 0.5) is 4.70 Å². The molecule has 0 radical (unpaired) electrons. The van der Waals surface area contributed by atoms with Crippen LogP contribution in [0.1, 0.15) is 0 Å². The maximum Gasteiger partial charge on any atom is 0.285 e. The third-order valence-electron chi connectivity index (χ3n) is 3.57. The minimum absolute atomic E-state index is 0. The van der Waals surface area contributed by atoms with Crippen LogP contribution in [0, 0.1) is 0 Å². The van der Waals surface area contributed by atoms with Crippen LogP contribution in [-0.4, -0.2) is 13.1 Å². The van der Waals surface area contributed by atoms with Gasteiger partial charge in [0.1, 0.15) is 0 Å². The van der Waals surface area contributed by atoms with Gasteiger partial charge in [-0.25, -0.2) is 0 Å². The standard InChI is InChI=1S/C18H16OSi.FH/c19-20(16-10-4-1-5-11-16,17-12-6-2-7-13-17)18-14-8-3-9-15-18;/h1-15,19H;1H. The zero-order valence-electron chi connectivity index (χ0n) is 11.5. The van der Waals surface area contributed by atoms with Crippen LogP contribution in [-0.2, 0) is 0 Å². The predicted molar refractivity (Wildman–Crippen MR) is 88.7 cm³/mol. The summed E-state index contributed by atoms with van der Waals surface area (Å²) >= 11 is 0. The second-order valence-electron chi connectivity index (χ2n) is 4.81. The Morgan fingerprint density at radius 2 is 0.714 bits per heavy atom. The van der Waals surface area contributed by atoms with Gasteiger partial charge in [-0.15, -0.1) is 0 Å². The summed E-state index contributed by atoms with van der Waals surface area (Å²) in [7, 11) is -2.88. The fourth-order valence-electron chi connectivity index (χ4n) is 2.54. The average Bonchev–Trinajstić information content (AvgIpc) is 2.56. The van der Waals surface area contributed by atoms with E-state index in [0.717, 1.165) is 15.6 Å². The molecule has 1 N–H and O–H groups in total. The Kier molecular flexibility index (Phi) is 4.68. The zero-order chi connectivity index (χ0) is 13.8. The highest BCUT2D eigenvalue weighted by atomic mass is 28.4. The quantitative estimate of drug-likeness (QED) is 0.577. The fraction of sp³-hybridized carbons (Fsp3) is 0. The van der Waals surface area contributed by atoms with Gasteiger partial charge in [0.2, 0.25) is 0 Å². The van der Waals surface area contributed by atoms with Crippen LogP contribution in [0.3, 0.4) is 0 Å². The summed E-state index contributed by atoms with van der Waals surface area (Å²) < 4.78 is 0. The van der Waals surface area contributed by atoms with Crippen molar-refractivity contribution in [1.29, 1.82) is 0 Å². The van der Waals surface area contributed by atoms with E-state index in [2.05, 4.69) is 0 Å². The lowest BCUT2D eigenvalue weighted by atomic mass is 10.3. The Bertz CT molecular complexity index is 575. The number of hydrogen-bond acceptors (Lipinski definition) is 1. The number of rotatable bonds is 3. The molecule has 3 heteroatoms. The molecule has 0 aliphatic rings. The van der Waals surface area contributed by atoms with Crippen molar-refractivity contribution in [3.63, 3.8) is 0 Å². The van der Waals surface area contributed by atoms with E-state index in [1.54, 1.807) is 0 Å². The van der Waals surface area contributed by atoms with Crippen molar-refractivity contribution >= 4 is 23.9 Å². The molecule has 3 aromatic rings. The molecule has 0 aliphatic heterocycles. The largest absolute Gasteiger partial charge is 0.421 e.